The first-order chi connectivity index (χ1) is 16.0. The second-order valence-corrected chi connectivity index (χ2v) is 8.16. The van der Waals surface area contributed by atoms with Gasteiger partial charge in [-0.1, -0.05) is 6.07 Å². The molecular formula is C25H24FN5O2. The lowest BCUT2D eigenvalue weighted by molar-refractivity contribution is 0.0958. The number of ether oxygens (including phenoxy) is 1. The first kappa shape index (κ1) is 20.9. The largest absolute Gasteiger partial charge is 0.496 e. The van der Waals surface area contributed by atoms with Crippen LogP contribution in [0.1, 0.15) is 34.6 Å². The summed E-state index contributed by atoms with van der Waals surface area (Å²) < 4.78 is 21.9. The summed E-state index contributed by atoms with van der Waals surface area (Å²) in [6, 6.07) is 12.6. The molecule has 4 aromatic rings. The number of hydrogen-bond donors (Lipinski definition) is 2. The first-order valence-electron chi connectivity index (χ1n) is 10.8. The van der Waals surface area contributed by atoms with Crippen molar-refractivity contribution in [1.29, 1.82) is 0 Å². The molecular weight excluding hydrogens is 421 g/mol. The van der Waals surface area contributed by atoms with Gasteiger partial charge < -0.3 is 19.9 Å². The highest BCUT2D eigenvalue weighted by molar-refractivity contribution is 5.99. The molecule has 0 fully saturated rings. The molecule has 0 aliphatic carbocycles. The average molecular weight is 445 g/mol. The molecule has 1 unspecified atom stereocenters. The molecule has 8 heteroatoms. The van der Waals surface area contributed by atoms with Crippen molar-refractivity contribution in [2.45, 2.75) is 26.4 Å². The Morgan fingerprint density at radius 2 is 2.03 bits per heavy atom. The van der Waals surface area contributed by atoms with E-state index in [1.165, 1.54) is 12.4 Å². The van der Waals surface area contributed by atoms with Crippen molar-refractivity contribution in [2.75, 3.05) is 19.0 Å². The van der Waals surface area contributed by atoms with Gasteiger partial charge in [-0.15, -0.1) is 0 Å². The molecule has 0 saturated carbocycles. The van der Waals surface area contributed by atoms with Crippen LogP contribution in [0, 0.1) is 12.7 Å². The second-order valence-electron chi connectivity index (χ2n) is 8.16. The number of fused-ring (bicyclic) bond motifs is 2. The standard InChI is InChI=1S/C25H24FN5O2/c1-14-10-19-22(33-3)7-6-20(26)24(19)31(14)9-8-27-23-12-21(28-13-29-23)16-4-5-17-18(11-16)15(2)30-25(17)32/h4-7,10-13,15H,8-9H2,1-3H3,(H,30,32)(H,27,28,29). The van der Waals surface area contributed by atoms with E-state index in [2.05, 4.69) is 20.6 Å². The highest BCUT2D eigenvalue weighted by Crippen LogP contribution is 2.31. The van der Waals surface area contributed by atoms with Crippen molar-refractivity contribution in [3.05, 3.63) is 71.4 Å². The Morgan fingerprint density at radius 1 is 1.18 bits per heavy atom. The minimum atomic E-state index is -0.276. The van der Waals surface area contributed by atoms with Gasteiger partial charge in [-0.05, 0) is 49.7 Å². The number of benzene rings is 2. The molecule has 0 saturated heterocycles. The second kappa shape index (κ2) is 8.20. The Balaban J connectivity index is 1.35. The molecule has 2 N–H and O–H groups in total. The van der Waals surface area contributed by atoms with Crippen LogP contribution in [0.25, 0.3) is 22.2 Å². The minimum absolute atomic E-state index is 0.0227. The molecule has 7 nitrogen and oxygen atoms in total. The van der Waals surface area contributed by atoms with E-state index in [9.17, 15) is 9.18 Å². The van der Waals surface area contributed by atoms with Crippen LogP contribution in [0.2, 0.25) is 0 Å². The summed E-state index contributed by atoms with van der Waals surface area (Å²) in [7, 11) is 1.59. The lowest BCUT2D eigenvalue weighted by Gasteiger charge is -2.12. The van der Waals surface area contributed by atoms with Gasteiger partial charge in [-0.3, -0.25) is 4.79 Å². The molecule has 1 amide bonds. The van der Waals surface area contributed by atoms with Crippen molar-refractivity contribution in [2.24, 2.45) is 0 Å². The van der Waals surface area contributed by atoms with E-state index in [0.717, 1.165) is 27.9 Å². The lowest BCUT2D eigenvalue weighted by Crippen LogP contribution is -2.16. The zero-order valence-electron chi connectivity index (χ0n) is 18.6. The van der Waals surface area contributed by atoms with E-state index in [-0.39, 0.29) is 17.8 Å². The molecule has 0 radical (unpaired) electrons. The van der Waals surface area contributed by atoms with Crippen LogP contribution in [-0.4, -0.2) is 34.1 Å². The molecule has 168 valence electrons. The fourth-order valence-electron chi connectivity index (χ4n) is 4.45. The molecule has 2 aromatic heterocycles. The Bertz CT molecular complexity index is 1380. The van der Waals surface area contributed by atoms with Crippen LogP contribution in [0.15, 0.2) is 48.8 Å². The quantitative estimate of drug-likeness (QED) is 0.458. The number of amides is 1. The number of methoxy groups -OCH3 is 1. The van der Waals surface area contributed by atoms with Gasteiger partial charge in [-0.2, -0.15) is 0 Å². The Kier molecular flexibility index (Phi) is 5.20. The molecule has 33 heavy (non-hydrogen) atoms. The fourth-order valence-corrected chi connectivity index (χ4v) is 4.45. The summed E-state index contributed by atoms with van der Waals surface area (Å²) in [5.41, 5.74) is 4.85. The van der Waals surface area contributed by atoms with Gasteiger partial charge in [0.1, 0.15) is 23.7 Å². The third-order valence-corrected chi connectivity index (χ3v) is 6.11. The molecule has 5 rings (SSSR count). The van der Waals surface area contributed by atoms with E-state index in [0.29, 0.717) is 35.7 Å². The SMILES string of the molecule is COc1ccc(F)c2c1cc(C)n2CCNc1cc(-c2ccc3c(c2)C(C)NC3=O)ncn1. The van der Waals surface area contributed by atoms with Crippen molar-refractivity contribution < 1.29 is 13.9 Å². The van der Waals surface area contributed by atoms with Crippen LogP contribution < -0.4 is 15.4 Å². The number of nitrogens with one attached hydrogen (secondary N) is 2. The van der Waals surface area contributed by atoms with Gasteiger partial charge in [0.25, 0.3) is 5.91 Å². The molecule has 2 aromatic carbocycles. The number of rotatable bonds is 6. The molecule has 0 bridgehead atoms. The summed E-state index contributed by atoms with van der Waals surface area (Å²) in [6.45, 7) is 5.03. The highest BCUT2D eigenvalue weighted by Gasteiger charge is 2.25. The summed E-state index contributed by atoms with van der Waals surface area (Å²) >= 11 is 0. The van der Waals surface area contributed by atoms with E-state index >= 15 is 0 Å². The average Bonchev–Trinajstić information content (AvgIpc) is 3.30. The van der Waals surface area contributed by atoms with Gasteiger partial charge in [0, 0.05) is 41.4 Å². The molecule has 1 atom stereocenters. The predicted molar refractivity (Wildman–Crippen MR) is 125 cm³/mol. The van der Waals surface area contributed by atoms with Gasteiger partial charge in [-0.25, -0.2) is 14.4 Å². The summed E-state index contributed by atoms with van der Waals surface area (Å²) in [6.07, 6.45) is 1.51. The predicted octanol–water partition coefficient (Wildman–Crippen LogP) is 4.47. The summed E-state index contributed by atoms with van der Waals surface area (Å²) in [5.74, 6) is 1.01. The number of hydrogen-bond acceptors (Lipinski definition) is 5. The smallest absolute Gasteiger partial charge is 0.252 e. The highest BCUT2D eigenvalue weighted by atomic mass is 19.1. The maximum Gasteiger partial charge on any atom is 0.252 e. The summed E-state index contributed by atoms with van der Waals surface area (Å²) in [5, 5.41) is 6.99. The maximum atomic E-state index is 14.6. The Hall–Kier alpha value is -3.94. The molecule has 0 spiro atoms. The van der Waals surface area contributed by atoms with E-state index in [1.54, 1.807) is 13.2 Å². The molecule has 3 heterocycles. The normalized spacial score (nSPS) is 14.9. The van der Waals surface area contributed by atoms with Gasteiger partial charge >= 0.3 is 0 Å². The Labute approximate surface area is 190 Å². The maximum absolute atomic E-state index is 14.6. The van der Waals surface area contributed by atoms with E-state index in [4.69, 9.17) is 4.74 Å². The number of halogens is 1. The van der Waals surface area contributed by atoms with Gasteiger partial charge in [0.2, 0.25) is 0 Å². The topological polar surface area (TPSA) is 81.1 Å². The van der Waals surface area contributed by atoms with Crippen LogP contribution in [0.4, 0.5) is 10.2 Å². The zero-order valence-corrected chi connectivity index (χ0v) is 18.6. The lowest BCUT2D eigenvalue weighted by atomic mass is 10.0. The molecule has 1 aliphatic rings. The monoisotopic (exact) mass is 445 g/mol. The Morgan fingerprint density at radius 3 is 2.85 bits per heavy atom. The van der Waals surface area contributed by atoms with Crippen molar-refractivity contribution in [3.63, 3.8) is 0 Å². The molecule has 1 aliphatic heterocycles. The minimum Gasteiger partial charge on any atom is -0.496 e. The first-order valence-corrected chi connectivity index (χ1v) is 10.8. The van der Waals surface area contributed by atoms with E-state index < -0.39 is 0 Å². The van der Waals surface area contributed by atoms with Crippen molar-refractivity contribution in [3.8, 4) is 17.0 Å². The van der Waals surface area contributed by atoms with Crippen molar-refractivity contribution in [1.82, 2.24) is 19.9 Å². The third kappa shape index (κ3) is 3.67. The number of aryl methyl sites for hydroxylation is 1. The number of nitrogens with zero attached hydrogens (tertiary/aromatic N) is 3. The number of anilines is 1. The van der Waals surface area contributed by atoms with Crippen LogP contribution in [-0.2, 0) is 6.54 Å². The van der Waals surface area contributed by atoms with Gasteiger partial charge in [0.15, 0.2) is 0 Å². The summed E-state index contributed by atoms with van der Waals surface area (Å²) in [4.78, 5) is 20.7. The third-order valence-electron chi connectivity index (χ3n) is 6.11. The number of carbonyl (C=O) groups excluding carboxylic acids is 1. The van der Waals surface area contributed by atoms with E-state index in [1.807, 2.05) is 48.7 Å². The van der Waals surface area contributed by atoms with Crippen LogP contribution in [0.3, 0.4) is 0 Å². The van der Waals surface area contributed by atoms with Gasteiger partial charge in [0.05, 0.1) is 24.4 Å². The zero-order chi connectivity index (χ0) is 23.1. The number of aromatic nitrogens is 3. The van der Waals surface area contributed by atoms with Crippen LogP contribution >= 0.6 is 0 Å². The fraction of sp³-hybridized carbons (Fsp3) is 0.240. The van der Waals surface area contributed by atoms with Crippen molar-refractivity contribution >= 4 is 22.6 Å². The van der Waals surface area contributed by atoms with Crippen LogP contribution in [0.5, 0.6) is 5.75 Å². The number of carbonyl (C=O) groups is 1.